The van der Waals surface area contributed by atoms with Gasteiger partial charge in [0.05, 0.1) is 0 Å². The molecule has 1 aliphatic carbocycles. The average Bonchev–Trinajstić information content (AvgIpc) is 3.21. The highest BCUT2D eigenvalue weighted by molar-refractivity contribution is 4.98. The van der Waals surface area contributed by atoms with Crippen LogP contribution in [-0.2, 0) is 0 Å². The first-order valence-corrected chi connectivity index (χ1v) is 9.32. The van der Waals surface area contributed by atoms with E-state index in [1.807, 2.05) is 0 Å². The molecule has 1 unspecified atom stereocenters. The van der Waals surface area contributed by atoms with Crippen LogP contribution >= 0.6 is 0 Å². The third-order valence-corrected chi connectivity index (χ3v) is 5.33. The second-order valence-corrected chi connectivity index (χ2v) is 8.37. The van der Waals surface area contributed by atoms with E-state index in [0.29, 0.717) is 11.3 Å². The third kappa shape index (κ3) is 7.03. The SMILES string of the molecule is C=C(CCC)N(CC1CC1)CC(C)C(C)(C)CCC=C(C)C. The first-order valence-electron chi connectivity index (χ1n) is 9.32. The number of hydrogen-bond acceptors (Lipinski definition) is 1. The van der Waals surface area contributed by atoms with E-state index in [-0.39, 0.29) is 0 Å². The van der Waals surface area contributed by atoms with Crippen molar-refractivity contribution in [3.05, 3.63) is 23.9 Å². The number of rotatable bonds is 11. The zero-order chi connectivity index (χ0) is 16.8. The van der Waals surface area contributed by atoms with Gasteiger partial charge in [-0.25, -0.2) is 0 Å². The molecule has 1 fully saturated rings. The summed E-state index contributed by atoms with van der Waals surface area (Å²) in [4.78, 5) is 2.61. The molecule has 1 rings (SSSR count). The summed E-state index contributed by atoms with van der Waals surface area (Å²) in [5.41, 5.74) is 3.19. The maximum absolute atomic E-state index is 4.36. The maximum Gasteiger partial charge on any atom is 0.0205 e. The summed E-state index contributed by atoms with van der Waals surface area (Å²) in [7, 11) is 0. The summed E-state index contributed by atoms with van der Waals surface area (Å²) in [5, 5.41) is 0. The highest BCUT2D eigenvalue weighted by Gasteiger charge is 2.30. The monoisotopic (exact) mass is 305 g/mol. The number of allylic oxidation sites excluding steroid dienone is 3. The zero-order valence-electron chi connectivity index (χ0n) is 16.0. The molecule has 0 radical (unpaired) electrons. The molecular weight excluding hydrogens is 266 g/mol. The van der Waals surface area contributed by atoms with Gasteiger partial charge in [-0.15, -0.1) is 0 Å². The van der Waals surface area contributed by atoms with Gasteiger partial charge in [-0.3, -0.25) is 0 Å². The van der Waals surface area contributed by atoms with E-state index in [9.17, 15) is 0 Å². The summed E-state index contributed by atoms with van der Waals surface area (Å²) >= 11 is 0. The van der Waals surface area contributed by atoms with E-state index < -0.39 is 0 Å². The molecule has 0 spiro atoms. The Bertz CT molecular complexity index is 369. The molecule has 1 heteroatoms. The molecule has 0 aliphatic heterocycles. The van der Waals surface area contributed by atoms with Crippen LogP contribution in [0, 0.1) is 17.3 Å². The van der Waals surface area contributed by atoms with Gasteiger partial charge in [-0.2, -0.15) is 0 Å². The molecule has 22 heavy (non-hydrogen) atoms. The Morgan fingerprint density at radius 1 is 1.32 bits per heavy atom. The number of nitrogens with zero attached hydrogens (tertiary/aromatic N) is 1. The van der Waals surface area contributed by atoms with E-state index in [1.54, 1.807) is 0 Å². The molecule has 0 aromatic heterocycles. The van der Waals surface area contributed by atoms with Crippen LogP contribution in [0.25, 0.3) is 0 Å². The number of hydrogen-bond donors (Lipinski definition) is 0. The quantitative estimate of drug-likeness (QED) is 0.398. The minimum absolute atomic E-state index is 0.389. The van der Waals surface area contributed by atoms with Crippen LogP contribution in [0.2, 0.25) is 0 Å². The summed E-state index contributed by atoms with van der Waals surface area (Å²) in [6.45, 7) is 20.7. The molecule has 0 aromatic rings. The van der Waals surface area contributed by atoms with E-state index in [2.05, 4.69) is 59.1 Å². The predicted molar refractivity (Wildman–Crippen MR) is 100.0 cm³/mol. The smallest absolute Gasteiger partial charge is 0.0205 e. The van der Waals surface area contributed by atoms with Crippen molar-refractivity contribution in [3.63, 3.8) is 0 Å². The van der Waals surface area contributed by atoms with Crippen molar-refractivity contribution in [2.45, 2.75) is 80.1 Å². The molecule has 0 saturated heterocycles. The van der Waals surface area contributed by atoms with Crippen molar-refractivity contribution >= 4 is 0 Å². The predicted octanol–water partition coefficient (Wildman–Crippen LogP) is 6.42. The fourth-order valence-corrected chi connectivity index (χ4v) is 2.95. The molecule has 0 aromatic carbocycles. The Kier molecular flexibility index (Phi) is 7.72. The van der Waals surface area contributed by atoms with Gasteiger partial charge in [-0.1, -0.05) is 52.3 Å². The topological polar surface area (TPSA) is 3.24 Å². The van der Waals surface area contributed by atoms with Crippen molar-refractivity contribution in [2.24, 2.45) is 17.3 Å². The Balaban J connectivity index is 2.57. The van der Waals surface area contributed by atoms with Crippen molar-refractivity contribution in [2.75, 3.05) is 13.1 Å². The summed E-state index contributed by atoms with van der Waals surface area (Å²) < 4.78 is 0. The second-order valence-electron chi connectivity index (χ2n) is 8.37. The lowest BCUT2D eigenvalue weighted by molar-refractivity contribution is 0.155. The Labute approximate surface area is 139 Å². The minimum atomic E-state index is 0.389. The highest BCUT2D eigenvalue weighted by atomic mass is 15.1. The van der Waals surface area contributed by atoms with Gasteiger partial charge in [0.1, 0.15) is 0 Å². The Morgan fingerprint density at radius 2 is 1.95 bits per heavy atom. The Morgan fingerprint density at radius 3 is 2.45 bits per heavy atom. The third-order valence-electron chi connectivity index (χ3n) is 5.33. The lowest BCUT2D eigenvalue weighted by Gasteiger charge is -2.37. The van der Waals surface area contributed by atoms with Gasteiger partial charge in [0.25, 0.3) is 0 Å². The fraction of sp³-hybridized carbons (Fsp3) is 0.810. The molecule has 0 N–H and O–H groups in total. The maximum atomic E-state index is 4.36. The van der Waals surface area contributed by atoms with Crippen LogP contribution in [0.5, 0.6) is 0 Å². The van der Waals surface area contributed by atoms with Crippen LogP contribution in [0.3, 0.4) is 0 Å². The molecular formula is C21H39N. The summed E-state index contributed by atoms with van der Waals surface area (Å²) in [5.74, 6) is 1.64. The largest absolute Gasteiger partial charge is 0.375 e. The van der Waals surface area contributed by atoms with Crippen LogP contribution in [0.15, 0.2) is 23.9 Å². The van der Waals surface area contributed by atoms with Gasteiger partial charge >= 0.3 is 0 Å². The van der Waals surface area contributed by atoms with Crippen LogP contribution in [0.4, 0.5) is 0 Å². The van der Waals surface area contributed by atoms with Gasteiger partial charge < -0.3 is 4.90 Å². The average molecular weight is 306 g/mol. The van der Waals surface area contributed by atoms with Crippen LogP contribution < -0.4 is 0 Å². The molecule has 128 valence electrons. The summed E-state index contributed by atoms with van der Waals surface area (Å²) in [6.07, 6.45) is 10.1. The lowest BCUT2D eigenvalue weighted by atomic mass is 9.76. The van der Waals surface area contributed by atoms with E-state index in [1.165, 1.54) is 56.5 Å². The molecule has 0 amide bonds. The Hall–Kier alpha value is -0.720. The lowest BCUT2D eigenvalue weighted by Crippen LogP contribution is -2.35. The fourth-order valence-electron chi connectivity index (χ4n) is 2.95. The van der Waals surface area contributed by atoms with E-state index >= 15 is 0 Å². The molecule has 1 aliphatic rings. The van der Waals surface area contributed by atoms with Gasteiger partial charge in [0.15, 0.2) is 0 Å². The second kappa shape index (κ2) is 8.79. The molecule has 1 saturated carbocycles. The highest BCUT2D eigenvalue weighted by Crippen LogP contribution is 2.36. The molecule has 0 heterocycles. The summed E-state index contributed by atoms with van der Waals surface area (Å²) in [6, 6.07) is 0. The van der Waals surface area contributed by atoms with Gasteiger partial charge in [0.2, 0.25) is 0 Å². The normalized spacial score (nSPS) is 16.3. The van der Waals surface area contributed by atoms with Gasteiger partial charge in [0, 0.05) is 18.8 Å². The van der Waals surface area contributed by atoms with Crippen molar-refractivity contribution in [1.29, 1.82) is 0 Å². The van der Waals surface area contributed by atoms with Crippen molar-refractivity contribution < 1.29 is 0 Å². The van der Waals surface area contributed by atoms with Crippen LogP contribution in [-0.4, -0.2) is 18.0 Å². The molecule has 1 nitrogen and oxygen atoms in total. The van der Waals surface area contributed by atoms with Crippen molar-refractivity contribution in [3.8, 4) is 0 Å². The minimum Gasteiger partial charge on any atom is -0.375 e. The standard InChI is InChI=1S/C21H39N/c1-8-10-19(5)22(16-20-12-13-20)15-18(4)21(6,7)14-9-11-17(2)3/h11,18,20H,5,8-10,12-16H2,1-4,6-7H3. The molecule has 0 bridgehead atoms. The van der Waals surface area contributed by atoms with Gasteiger partial charge in [-0.05, 0) is 63.2 Å². The molecule has 1 atom stereocenters. The zero-order valence-corrected chi connectivity index (χ0v) is 16.0. The first kappa shape index (κ1) is 19.3. The van der Waals surface area contributed by atoms with E-state index in [0.717, 1.165) is 12.3 Å². The van der Waals surface area contributed by atoms with Crippen LogP contribution in [0.1, 0.15) is 80.1 Å². The first-order chi connectivity index (χ1) is 10.3. The van der Waals surface area contributed by atoms with E-state index in [4.69, 9.17) is 0 Å². The van der Waals surface area contributed by atoms with Crippen molar-refractivity contribution in [1.82, 2.24) is 4.90 Å².